The molecule has 0 bridgehead atoms. The van der Waals surface area contributed by atoms with Crippen LogP contribution in [0.25, 0.3) is 0 Å². The highest BCUT2D eigenvalue weighted by molar-refractivity contribution is 5.25. The van der Waals surface area contributed by atoms with Gasteiger partial charge in [-0.15, -0.1) is 0 Å². The average molecular weight is 252 g/mol. The van der Waals surface area contributed by atoms with Crippen LogP contribution in [0.15, 0.2) is 18.2 Å². The van der Waals surface area contributed by atoms with Gasteiger partial charge in [-0.05, 0) is 30.5 Å². The summed E-state index contributed by atoms with van der Waals surface area (Å²) in [5.74, 6) is -0.172. The van der Waals surface area contributed by atoms with Crippen molar-refractivity contribution in [3.8, 4) is 0 Å². The van der Waals surface area contributed by atoms with E-state index in [2.05, 4.69) is 4.90 Å². The van der Waals surface area contributed by atoms with Gasteiger partial charge in [0.15, 0.2) is 0 Å². The van der Waals surface area contributed by atoms with E-state index in [1.54, 1.807) is 19.1 Å². The molecule has 4 heteroatoms. The smallest absolute Gasteiger partial charge is 0.126 e. The molecule has 1 aromatic rings. The lowest BCUT2D eigenvalue weighted by atomic mass is 10.0. The minimum atomic E-state index is -0.172. The summed E-state index contributed by atoms with van der Waals surface area (Å²) in [7, 11) is 0. The zero-order valence-corrected chi connectivity index (χ0v) is 10.9. The Morgan fingerprint density at radius 3 is 2.78 bits per heavy atom. The summed E-state index contributed by atoms with van der Waals surface area (Å²) in [6.45, 7) is 6.24. The summed E-state index contributed by atoms with van der Waals surface area (Å²) in [6.07, 6.45) is 0.850. The van der Waals surface area contributed by atoms with Crippen molar-refractivity contribution in [2.75, 3.05) is 32.8 Å². The van der Waals surface area contributed by atoms with Crippen molar-refractivity contribution in [2.45, 2.75) is 19.4 Å². The third-order valence-electron chi connectivity index (χ3n) is 3.48. The molecular formula is C14H21FN2O. The summed E-state index contributed by atoms with van der Waals surface area (Å²) in [5, 5.41) is 0. The zero-order valence-electron chi connectivity index (χ0n) is 10.9. The SMILES string of the molecule is Cc1ccc(C(N)CCN2CCOCC2)cc1F. The van der Waals surface area contributed by atoms with Gasteiger partial charge in [-0.2, -0.15) is 0 Å². The van der Waals surface area contributed by atoms with Crippen LogP contribution in [0.4, 0.5) is 4.39 Å². The van der Waals surface area contributed by atoms with Crippen molar-refractivity contribution in [3.63, 3.8) is 0 Å². The number of ether oxygens (including phenoxy) is 1. The molecule has 1 atom stereocenters. The molecule has 100 valence electrons. The first kappa shape index (κ1) is 13.5. The Morgan fingerprint density at radius 2 is 2.11 bits per heavy atom. The van der Waals surface area contributed by atoms with Crippen LogP contribution in [0, 0.1) is 12.7 Å². The Bertz CT molecular complexity index is 391. The number of aryl methyl sites for hydroxylation is 1. The maximum Gasteiger partial charge on any atom is 0.126 e. The standard InChI is InChI=1S/C14H21FN2O/c1-11-2-3-12(10-13(11)15)14(16)4-5-17-6-8-18-9-7-17/h2-3,10,14H,4-9,16H2,1H3. The molecule has 2 rings (SSSR count). The number of nitrogens with two attached hydrogens (primary N) is 1. The molecule has 0 aliphatic carbocycles. The average Bonchev–Trinajstić information content (AvgIpc) is 2.40. The fourth-order valence-corrected chi connectivity index (χ4v) is 2.15. The van der Waals surface area contributed by atoms with Gasteiger partial charge in [0.05, 0.1) is 13.2 Å². The molecule has 1 aromatic carbocycles. The molecule has 18 heavy (non-hydrogen) atoms. The highest BCUT2D eigenvalue weighted by Crippen LogP contribution is 2.18. The van der Waals surface area contributed by atoms with E-state index in [9.17, 15) is 4.39 Å². The molecule has 0 radical (unpaired) electrons. The summed E-state index contributed by atoms with van der Waals surface area (Å²) in [5.41, 5.74) is 7.65. The quantitative estimate of drug-likeness (QED) is 0.889. The van der Waals surface area contributed by atoms with Crippen LogP contribution < -0.4 is 5.73 Å². The highest BCUT2D eigenvalue weighted by atomic mass is 19.1. The summed E-state index contributed by atoms with van der Waals surface area (Å²) in [6, 6.07) is 5.17. The van der Waals surface area contributed by atoms with Crippen LogP contribution in [0.3, 0.4) is 0 Å². The normalized spacial score (nSPS) is 18.8. The molecule has 1 saturated heterocycles. The molecule has 0 spiro atoms. The molecule has 1 aliphatic rings. The van der Waals surface area contributed by atoms with E-state index in [0.717, 1.165) is 44.8 Å². The summed E-state index contributed by atoms with van der Waals surface area (Å²) >= 11 is 0. The summed E-state index contributed by atoms with van der Waals surface area (Å²) in [4.78, 5) is 2.34. The van der Waals surface area contributed by atoms with Gasteiger partial charge in [0.1, 0.15) is 5.82 Å². The molecule has 1 heterocycles. The topological polar surface area (TPSA) is 38.5 Å². The predicted molar refractivity (Wildman–Crippen MR) is 69.9 cm³/mol. The maximum atomic E-state index is 13.5. The maximum absolute atomic E-state index is 13.5. The first-order valence-corrected chi connectivity index (χ1v) is 6.48. The van der Waals surface area contributed by atoms with Crippen molar-refractivity contribution in [1.29, 1.82) is 0 Å². The van der Waals surface area contributed by atoms with Crippen molar-refractivity contribution in [3.05, 3.63) is 35.1 Å². The predicted octanol–water partition coefficient (Wildman–Crippen LogP) is 1.86. The second kappa shape index (κ2) is 6.27. The van der Waals surface area contributed by atoms with Crippen molar-refractivity contribution >= 4 is 0 Å². The number of hydrogen-bond acceptors (Lipinski definition) is 3. The zero-order chi connectivity index (χ0) is 13.0. The van der Waals surface area contributed by atoms with E-state index < -0.39 is 0 Å². The molecule has 0 amide bonds. The first-order valence-electron chi connectivity index (χ1n) is 6.48. The van der Waals surface area contributed by atoms with Crippen molar-refractivity contribution in [2.24, 2.45) is 5.73 Å². The minimum absolute atomic E-state index is 0.0945. The van der Waals surface area contributed by atoms with Crippen LogP contribution in [0.2, 0.25) is 0 Å². The van der Waals surface area contributed by atoms with Gasteiger partial charge in [0.25, 0.3) is 0 Å². The molecule has 2 N–H and O–H groups in total. The number of rotatable bonds is 4. The van der Waals surface area contributed by atoms with E-state index in [1.165, 1.54) is 0 Å². The lowest BCUT2D eigenvalue weighted by Crippen LogP contribution is -2.37. The molecule has 3 nitrogen and oxygen atoms in total. The number of halogens is 1. The molecule has 1 aliphatic heterocycles. The molecule has 0 saturated carbocycles. The third kappa shape index (κ3) is 3.51. The fourth-order valence-electron chi connectivity index (χ4n) is 2.15. The van der Waals surface area contributed by atoms with E-state index in [1.807, 2.05) is 6.07 Å². The Hall–Kier alpha value is -0.970. The van der Waals surface area contributed by atoms with E-state index in [-0.39, 0.29) is 11.9 Å². The fraction of sp³-hybridized carbons (Fsp3) is 0.571. The molecule has 0 aromatic heterocycles. The Kier molecular flexibility index (Phi) is 4.69. The highest BCUT2D eigenvalue weighted by Gasteiger charge is 2.13. The Balaban J connectivity index is 1.86. The lowest BCUT2D eigenvalue weighted by Gasteiger charge is -2.27. The van der Waals surface area contributed by atoms with Crippen LogP contribution in [-0.2, 0) is 4.74 Å². The number of nitrogens with zero attached hydrogens (tertiary/aromatic N) is 1. The van der Waals surface area contributed by atoms with Gasteiger partial charge in [0.2, 0.25) is 0 Å². The van der Waals surface area contributed by atoms with Crippen LogP contribution >= 0.6 is 0 Å². The minimum Gasteiger partial charge on any atom is -0.379 e. The van der Waals surface area contributed by atoms with Gasteiger partial charge in [0, 0.05) is 25.7 Å². The van der Waals surface area contributed by atoms with Gasteiger partial charge in [-0.1, -0.05) is 12.1 Å². The first-order chi connectivity index (χ1) is 8.66. The van der Waals surface area contributed by atoms with Gasteiger partial charge in [-0.3, -0.25) is 4.90 Å². The monoisotopic (exact) mass is 252 g/mol. The second-order valence-corrected chi connectivity index (χ2v) is 4.86. The van der Waals surface area contributed by atoms with Gasteiger partial charge < -0.3 is 10.5 Å². The lowest BCUT2D eigenvalue weighted by molar-refractivity contribution is 0.0366. The van der Waals surface area contributed by atoms with Crippen LogP contribution in [-0.4, -0.2) is 37.7 Å². The second-order valence-electron chi connectivity index (χ2n) is 4.86. The van der Waals surface area contributed by atoms with Gasteiger partial charge >= 0.3 is 0 Å². The van der Waals surface area contributed by atoms with Crippen LogP contribution in [0.1, 0.15) is 23.6 Å². The number of morpholine rings is 1. The third-order valence-corrected chi connectivity index (χ3v) is 3.48. The number of hydrogen-bond donors (Lipinski definition) is 1. The summed E-state index contributed by atoms with van der Waals surface area (Å²) < 4.78 is 18.7. The van der Waals surface area contributed by atoms with Crippen molar-refractivity contribution in [1.82, 2.24) is 4.90 Å². The number of benzene rings is 1. The van der Waals surface area contributed by atoms with E-state index >= 15 is 0 Å². The van der Waals surface area contributed by atoms with Crippen molar-refractivity contribution < 1.29 is 9.13 Å². The largest absolute Gasteiger partial charge is 0.379 e. The molecule has 1 fully saturated rings. The van der Waals surface area contributed by atoms with E-state index in [4.69, 9.17) is 10.5 Å². The molecule has 1 unspecified atom stereocenters. The van der Waals surface area contributed by atoms with E-state index in [0.29, 0.717) is 5.56 Å². The molecular weight excluding hydrogens is 231 g/mol. The van der Waals surface area contributed by atoms with Crippen LogP contribution in [0.5, 0.6) is 0 Å². The Labute approximate surface area is 108 Å². The Morgan fingerprint density at radius 1 is 1.39 bits per heavy atom. The van der Waals surface area contributed by atoms with Gasteiger partial charge in [-0.25, -0.2) is 4.39 Å².